The number of hydrogen-bond donors (Lipinski definition) is 2. The fourth-order valence-corrected chi connectivity index (χ4v) is 2.87. The van der Waals surface area contributed by atoms with E-state index in [1.165, 1.54) is 27.6 Å². The highest BCUT2D eigenvalue weighted by Gasteiger charge is 2.17. The van der Waals surface area contributed by atoms with Gasteiger partial charge in [0.2, 0.25) is 0 Å². The second-order valence-corrected chi connectivity index (χ2v) is 5.27. The number of aliphatic hydroxyl groups is 1. The van der Waals surface area contributed by atoms with Crippen molar-refractivity contribution in [3.63, 3.8) is 0 Å². The summed E-state index contributed by atoms with van der Waals surface area (Å²) >= 11 is 0. The van der Waals surface area contributed by atoms with Crippen molar-refractivity contribution in [1.29, 1.82) is 0 Å². The first-order valence-electron chi connectivity index (χ1n) is 7.03. The molecule has 0 saturated heterocycles. The van der Waals surface area contributed by atoms with Gasteiger partial charge < -0.3 is 10.1 Å². The zero-order chi connectivity index (χ0) is 13.9. The SMILES string of the molecule is Cc1ccc2c(C(CCO)c3ccccc3)c[nH]c2c1. The third-order valence-electron chi connectivity index (χ3n) is 3.86. The lowest BCUT2D eigenvalue weighted by atomic mass is 9.88. The smallest absolute Gasteiger partial charge is 0.0459 e. The van der Waals surface area contributed by atoms with Crippen molar-refractivity contribution in [2.75, 3.05) is 6.61 Å². The maximum atomic E-state index is 9.40. The number of aromatic amines is 1. The van der Waals surface area contributed by atoms with Crippen molar-refractivity contribution in [1.82, 2.24) is 4.98 Å². The van der Waals surface area contributed by atoms with Gasteiger partial charge in [0.15, 0.2) is 0 Å². The fourth-order valence-electron chi connectivity index (χ4n) is 2.87. The molecule has 2 heteroatoms. The van der Waals surface area contributed by atoms with Crippen LogP contribution in [0.4, 0.5) is 0 Å². The molecule has 20 heavy (non-hydrogen) atoms. The van der Waals surface area contributed by atoms with E-state index in [9.17, 15) is 5.11 Å². The highest BCUT2D eigenvalue weighted by molar-refractivity contribution is 5.84. The molecule has 1 heterocycles. The zero-order valence-corrected chi connectivity index (χ0v) is 11.6. The van der Waals surface area contributed by atoms with E-state index >= 15 is 0 Å². The van der Waals surface area contributed by atoms with Crippen molar-refractivity contribution < 1.29 is 5.11 Å². The van der Waals surface area contributed by atoms with Crippen LogP contribution < -0.4 is 0 Å². The summed E-state index contributed by atoms with van der Waals surface area (Å²) in [6.45, 7) is 2.29. The van der Waals surface area contributed by atoms with E-state index in [2.05, 4.69) is 60.6 Å². The van der Waals surface area contributed by atoms with Crippen molar-refractivity contribution in [3.05, 3.63) is 71.4 Å². The summed E-state index contributed by atoms with van der Waals surface area (Å²) in [7, 11) is 0. The highest BCUT2D eigenvalue weighted by Crippen LogP contribution is 2.33. The van der Waals surface area contributed by atoms with Crippen LogP contribution in [-0.4, -0.2) is 16.7 Å². The molecular weight excluding hydrogens is 246 g/mol. The lowest BCUT2D eigenvalue weighted by Crippen LogP contribution is -2.03. The quantitative estimate of drug-likeness (QED) is 0.735. The Balaban J connectivity index is 2.10. The molecule has 0 aliphatic carbocycles. The monoisotopic (exact) mass is 265 g/mol. The minimum atomic E-state index is 0.193. The van der Waals surface area contributed by atoms with Gasteiger partial charge in [-0.25, -0.2) is 0 Å². The van der Waals surface area contributed by atoms with Crippen LogP contribution in [0, 0.1) is 6.92 Å². The van der Waals surface area contributed by atoms with Crippen molar-refractivity contribution in [2.45, 2.75) is 19.3 Å². The third-order valence-corrected chi connectivity index (χ3v) is 3.86. The average molecular weight is 265 g/mol. The Morgan fingerprint density at radius 1 is 1.10 bits per heavy atom. The van der Waals surface area contributed by atoms with Crippen LogP contribution in [0.2, 0.25) is 0 Å². The van der Waals surface area contributed by atoms with Crippen molar-refractivity contribution in [2.24, 2.45) is 0 Å². The number of aromatic nitrogens is 1. The summed E-state index contributed by atoms with van der Waals surface area (Å²) in [5, 5.41) is 10.7. The molecule has 0 bridgehead atoms. The molecule has 0 aliphatic rings. The summed E-state index contributed by atoms with van der Waals surface area (Å²) in [5.41, 5.74) is 4.94. The number of fused-ring (bicyclic) bond motifs is 1. The summed E-state index contributed by atoms with van der Waals surface area (Å²) in [5.74, 6) is 0.234. The van der Waals surface area contributed by atoms with Crippen LogP contribution in [0.3, 0.4) is 0 Å². The van der Waals surface area contributed by atoms with E-state index in [4.69, 9.17) is 0 Å². The minimum absolute atomic E-state index is 0.193. The lowest BCUT2D eigenvalue weighted by molar-refractivity contribution is 0.282. The van der Waals surface area contributed by atoms with Crippen molar-refractivity contribution in [3.8, 4) is 0 Å². The standard InChI is InChI=1S/C18H19NO/c1-13-7-8-16-17(12-19-18(16)11-13)15(9-10-20)14-5-3-2-4-6-14/h2-8,11-12,15,19-20H,9-10H2,1H3. The van der Waals surface area contributed by atoms with Gasteiger partial charge in [-0.2, -0.15) is 0 Å². The van der Waals surface area contributed by atoms with Gasteiger partial charge in [0, 0.05) is 29.6 Å². The van der Waals surface area contributed by atoms with Crippen LogP contribution in [0.5, 0.6) is 0 Å². The summed E-state index contributed by atoms with van der Waals surface area (Å²) in [4.78, 5) is 3.36. The zero-order valence-electron chi connectivity index (χ0n) is 11.6. The maximum absolute atomic E-state index is 9.40. The minimum Gasteiger partial charge on any atom is -0.396 e. The third kappa shape index (κ3) is 2.35. The van der Waals surface area contributed by atoms with Crippen LogP contribution >= 0.6 is 0 Å². The average Bonchev–Trinajstić information content (AvgIpc) is 2.88. The predicted molar refractivity (Wildman–Crippen MR) is 83.0 cm³/mol. The summed E-state index contributed by atoms with van der Waals surface area (Å²) in [6, 6.07) is 16.9. The highest BCUT2D eigenvalue weighted by atomic mass is 16.3. The molecule has 1 unspecified atom stereocenters. The van der Waals surface area contributed by atoms with E-state index in [0.29, 0.717) is 0 Å². The molecule has 2 nitrogen and oxygen atoms in total. The Morgan fingerprint density at radius 3 is 2.65 bits per heavy atom. The predicted octanol–water partition coefficient (Wildman–Crippen LogP) is 3.99. The van der Waals surface area contributed by atoms with E-state index in [-0.39, 0.29) is 12.5 Å². The number of aliphatic hydroxyl groups excluding tert-OH is 1. The maximum Gasteiger partial charge on any atom is 0.0459 e. The Hall–Kier alpha value is -2.06. The summed E-state index contributed by atoms with van der Waals surface area (Å²) in [6.07, 6.45) is 2.82. The van der Waals surface area contributed by atoms with Gasteiger partial charge in [-0.15, -0.1) is 0 Å². The number of benzene rings is 2. The first-order valence-corrected chi connectivity index (χ1v) is 7.03. The molecule has 102 valence electrons. The van der Waals surface area contributed by atoms with Gasteiger partial charge in [-0.1, -0.05) is 42.5 Å². The summed E-state index contributed by atoms with van der Waals surface area (Å²) < 4.78 is 0. The van der Waals surface area contributed by atoms with Crippen LogP contribution in [0.25, 0.3) is 10.9 Å². The number of aryl methyl sites for hydroxylation is 1. The van der Waals surface area contributed by atoms with Gasteiger partial charge in [0.05, 0.1) is 0 Å². The van der Waals surface area contributed by atoms with E-state index in [0.717, 1.165) is 6.42 Å². The molecule has 0 amide bonds. The lowest BCUT2D eigenvalue weighted by Gasteiger charge is -2.16. The molecule has 3 rings (SSSR count). The Labute approximate surface area is 119 Å². The Bertz CT molecular complexity index is 700. The van der Waals surface area contributed by atoms with Crippen LogP contribution in [0.15, 0.2) is 54.7 Å². The molecule has 2 aromatic carbocycles. The van der Waals surface area contributed by atoms with Crippen LogP contribution in [-0.2, 0) is 0 Å². The number of nitrogens with one attached hydrogen (secondary N) is 1. The first kappa shape index (κ1) is 12.9. The molecule has 0 fully saturated rings. The van der Waals surface area contributed by atoms with Crippen molar-refractivity contribution >= 4 is 10.9 Å². The molecule has 1 aromatic heterocycles. The van der Waals surface area contributed by atoms with E-state index < -0.39 is 0 Å². The largest absolute Gasteiger partial charge is 0.396 e. The Morgan fingerprint density at radius 2 is 1.90 bits per heavy atom. The van der Waals surface area contributed by atoms with E-state index in [1.807, 2.05) is 6.07 Å². The van der Waals surface area contributed by atoms with Gasteiger partial charge in [-0.3, -0.25) is 0 Å². The molecule has 0 spiro atoms. The molecule has 0 saturated carbocycles. The van der Waals surface area contributed by atoms with Gasteiger partial charge in [-0.05, 0) is 36.1 Å². The molecule has 2 N–H and O–H groups in total. The molecule has 3 aromatic rings. The second-order valence-electron chi connectivity index (χ2n) is 5.27. The molecule has 0 aliphatic heterocycles. The second kappa shape index (κ2) is 5.51. The number of H-pyrrole nitrogens is 1. The number of rotatable bonds is 4. The fraction of sp³-hybridized carbons (Fsp3) is 0.222. The molecule has 1 atom stereocenters. The number of hydrogen-bond acceptors (Lipinski definition) is 1. The normalized spacial score (nSPS) is 12.7. The van der Waals surface area contributed by atoms with Gasteiger partial charge >= 0.3 is 0 Å². The topological polar surface area (TPSA) is 36.0 Å². The van der Waals surface area contributed by atoms with Gasteiger partial charge in [0.1, 0.15) is 0 Å². The van der Waals surface area contributed by atoms with E-state index in [1.54, 1.807) is 0 Å². The molecule has 0 radical (unpaired) electrons. The van der Waals surface area contributed by atoms with Gasteiger partial charge in [0.25, 0.3) is 0 Å². The Kier molecular flexibility index (Phi) is 3.57. The first-order chi connectivity index (χ1) is 9.79. The molecular formula is C18H19NO. The van der Waals surface area contributed by atoms with Crippen LogP contribution in [0.1, 0.15) is 29.0 Å².